The van der Waals surface area contributed by atoms with E-state index in [1.54, 1.807) is 12.1 Å². The molecule has 5 heteroatoms. The van der Waals surface area contributed by atoms with Crippen LogP contribution < -0.4 is 5.32 Å². The zero-order valence-corrected chi connectivity index (χ0v) is 13.1. The van der Waals surface area contributed by atoms with Crippen LogP contribution in [0.1, 0.15) is 37.8 Å². The number of amides is 1. The van der Waals surface area contributed by atoms with E-state index in [1.165, 1.54) is 12.1 Å². The molecule has 1 amide bonds. The Bertz CT molecular complexity index is 445. The largest absolute Gasteiger partial charge is 0.450 e. The highest BCUT2D eigenvalue weighted by Gasteiger charge is 2.15. The summed E-state index contributed by atoms with van der Waals surface area (Å²) in [5.41, 5.74) is 0.671. The lowest BCUT2D eigenvalue weighted by Gasteiger charge is -2.18. The predicted octanol–water partition coefficient (Wildman–Crippen LogP) is 4.73. The quantitative estimate of drug-likeness (QED) is 0.574. The van der Waals surface area contributed by atoms with Gasteiger partial charge in [-0.2, -0.15) is 0 Å². The maximum Gasteiger partial charge on any atom is 0.407 e. The lowest BCUT2D eigenvalue weighted by molar-refractivity contribution is 0.140. The number of carbonyl (C=O) groups is 1. The Labute approximate surface area is 127 Å². The van der Waals surface area contributed by atoms with Crippen molar-refractivity contribution < 1.29 is 13.9 Å². The summed E-state index contributed by atoms with van der Waals surface area (Å²) in [6, 6.07) is 4.18. The molecular formula is C15H19BrFNO2. The normalized spacial score (nSPS) is 11.8. The summed E-state index contributed by atoms with van der Waals surface area (Å²) in [6.45, 7) is 6.06. The van der Waals surface area contributed by atoms with Crippen LogP contribution in [0.3, 0.4) is 0 Å². The summed E-state index contributed by atoms with van der Waals surface area (Å²) < 4.78 is 19.1. The van der Waals surface area contributed by atoms with Gasteiger partial charge in [0.2, 0.25) is 0 Å². The van der Waals surface area contributed by atoms with Crippen molar-refractivity contribution in [2.75, 3.05) is 6.61 Å². The van der Waals surface area contributed by atoms with E-state index in [2.05, 4.69) is 27.8 Å². The second-order valence-electron chi connectivity index (χ2n) is 4.41. The smallest absolute Gasteiger partial charge is 0.407 e. The van der Waals surface area contributed by atoms with Crippen LogP contribution in [-0.2, 0) is 4.74 Å². The van der Waals surface area contributed by atoms with E-state index < -0.39 is 6.09 Å². The Kier molecular flexibility index (Phi) is 7.30. The molecule has 0 spiro atoms. The molecule has 1 atom stereocenters. The van der Waals surface area contributed by atoms with Gasteiger partial charge in [-0.15, -0.1) is 6.58 Å². The molecule has 0 aliphatic heterocycles. The number of alkyl carbamates (subject to hydrolysis) is 1. The number of hydrogen-bond donors (Lipinski definition) is 1. The first-order valence-corrected chi connectivity index (χ1v) is 7.36. The Morgan fingerprint density at radius 2 is 2.30 bits per heavy atom. The second kappa shape index (κ2) is 8.74. The fourth-order valence-corrected chi connectivity index (χ4v) is 2.20. The van der Waals surface area contributed by atoms with Crippen molar-refractivity contribution in [1.29, 1.82) is 0 Å². The minimum Gasteiger partial charge on any atom is -0.450 e. The third-order valence-electron chi connectivity index (χ3n) is 2.71. The first-order chi connectivity index (χ1) is 9.56. The van der Waals surface area contributed by atoms with Gasteiger partial charge in [-0.3, -0.25) is 0 Å². The van der Waals surface area contributed by atoms with Gasteiger partial charge in [0.25, 0.3) is 0 Å². The molecule has 20 heavy (non-hydrogen) atoms. The van der Waals surface area contributed by atoms with Gasteiger partial charge in [-0.25, -0.2) is 9.18 Å². The van der Waals surface area contributed by atoms with Gasteiger partial charge in [0.1, 0.15) is 5.82 Å². The maximum atomic E-state index is 13.4. The minimum absolute atomic E-state index is 0.353. The molecule has 1 aromatic rings. The molecule has 0 unspecified atom stereocenters. The summed E-state index contributed by atoms with van der Waals surface area (Å²) >= 11 is 3.24. The van der Waals surface area contributed by atoms with Crippen LogP contribution in [0.5, 0.6) is 0 Å². The second-order valence-corrected chi connectivity index (χ2v) is 5.33. The number of nitrogens with one attached hydrogen (secondary N) is 1. The number of ether oxygens (including phenoxy) is 1. The number of hydrogen-bond acceptors (Lipinski definition) is 2. The average molecular weight is 344 g/mol. The van der Waals surface area contributed by atoms with Crippen LogP contribution >= 0.6 is 15.9 Å². The molecule has 0 fully saturated rings. The molecule has 0 aromatic heterocycles. The summed E-state index contributed by atoms with van der Waals surface area (Å²) in [4.78, 5) is 11.7. The first kappa shape index (κ1) is 16.7. The van der Waals surface area contributed by atoms with Crippen LogP contribution in [0.25, 0.3) is 0 Å². The third kappa shape index (κ3) is 5.74. The summed E-state index contributed by atoms with van der Waals surface area (Å²) in [5, 5.41) is 2.73. The van der Waals surface area contributed by atoms with Crippen LogP contribution in [-0.4, -0.2) is 12.7 Å². The van der Waals surface area contributed by atoms with Crippen molar-refractivity contribution in [2.45, 2.75) is 32.2 Å². The SMILES string of the molecule is C=CC[C@H](NC(=O)OCCCC)c1cc(F)cc(Br)c1. The van der Waals surface area contributed by atoms with Crippen LogP contribution in [0.4, 0.5) is 9.18 Å². The predicted molar refractivity (Wildman–Crippen MR) is 81.0 cm³/mol. The highest BCUT2D eigenvalue weighted by molar-refractivity contribution is 9.10. The van der Waals surface area contributed by atoms with Gasteiger partial charge < -0.3 is 10.1 Å². The molecule has 0 aliphatic rings. The molecule has 110 valence electrons. The van der Waals surface area contributed by atoms with E-state index in [4.69, 9.17) is 4.74 Å². The highest BCUT2D eigenvalue weighted by atomic mass is 79.9. The Balaban J connectivity index is 2.72. The third-order valence-corrected chi connectivity index (χ3v) is 3.17. The van der Waals surface area contributed by atoms with Gasteiger partial charge in [-0.05, 0) is 36.6 Å². The van der Waals surface area contributed by atoms with E-state index in [-0.39, 0.29) is 11.9 Å². The zero-order chi connectivity index (χ0) is 15.0. The van der Waals surface area contributed by atoms with Crippen molar-refractivity contribution >= 4 is 22.0 Å². The molecule has 1 N–H and O–H groups in total. The Morgan fingerprint density at radius 1 is 1.55 bits per heavy atom. The number of carbonyl (C=O) groups excluding carboxylic acids is 1. The van der Waals surface area contributed by atoms with E-state index in [0.29, 0.717) is 23.1 Å². The lowest BCUT2D eigenvalue weighted by Crippen LogP contribution is -2.29. The minimum atomic E-state index is -0.495. The average Bonchev–Trinajstić information content (AvgIpc) is 2.37. The number of unbranched alkanes of at least 4 members (excludes halogenated alkanes) is 1. The molecule has 3 nitrogen and oxygen atoms in total. The van der Waals surface area contributed by atoms with Gasteiger partial charge in [0.05, 0.1) is 12.6 Å². The van der Waals surface area contributed by atoms with Crippen LogP contribution in [0.15, 0.2) is 35.3 Å². The molecule has 0 aliphatic carbocycles. The summed E-state index contributed by atoms with van der Waals surface area (Å²) in [6.07, 6.45) is 3.46. The van der Waals surface area contributed by atoms with Crippen molar-refractivity contribution in [3.05, 3.63) is 46.7 Å². The van der Waals surface area contributed by atoms with Gasteiger partial charge in [0, 0.05) is 4.47 Å². The van der Waals surface area contributed by atoms with Gasteiger partial charge >= 0.3 is 6.09 Å². The van der Waals surface area contributed by atoms with Crippen molar-refractivity contribution in [3.63, 3.8) is 0 Å². The van der Waals surface area contributed by atoms with Gasteiger partial charge in [0.15, 0.2) is 0 Å². The maximum absolute atomic E-state index is 13.4. The molecular weight excluding hydrogens is 325 g/mol. The Morgan fingerprint density at radius 3 is 2.90 bits per heavy atom. The van der Waals surface area contributed by atoms with E-state index >= 15 is 0 Å². The number of halogens is 2. The topological polar surface area (TPSA) is 38.3 Å². The van der Waals surface area contributed by atoms with E-state index in [9.17, 15) is 9.18 Å². The van der Waals surface area contributed by atoms with Crippen molar-refractivity contribution in [1.82, 2.24) is 5.32 Å². The van der Waals surface area contributed by atoms with E-state index in [1.807, 2.05) is 6.92 Å². The van der Waals surface area contributed by atoms with Crippen LogP contribution in [0, 0.1) is 5.82 Å². The standard InChI is InChI=1S/C15H19BrFNO2/c1-3-5-7-20-15(19)18-14(6-4-2)11-8-12(16)10-13(17)9-11/h4,8-10,14H,2-3,5-7H2,1H3,(H,18,19)/t14-/m0/s1. The fourth-order valence-electron chi connectivity index (χ4n) is 1.71. The molecule has 0 heterocycles. The van der Waals surface area contributed by atoms with Crippen LogP contribution in [0.2, 0.25) is 0 Å². The molecule has 0 saturated heterocycles. The zero-order valence-electron chi connectivity index (χ0n) is 11.5. The highest BCUT2D eigenvalue weighted by Crippen LogP contribution is 2.23. The van der Waals surface area contributed by atoms with E-state index in [0.717, 1.165) is 12.8 Å². The number of rotatable bonds is 7. The molecule has 0 saturated carbocycles. The molecule has 0 radical (unpaired) electrons. The summed E-state index contributed by atoms with van der Waals surface area (Å²) in [7, 11) is 0. The van der Waals surface area contributed by atoms with Gasteiger partial charge in [-0.1, -0.05) is 35.4 Å². The summed E-state index contributed by atoms with van der Waals surface area (Å²) in [5.74, 6) is -0.357. The molecule has 0 bridgehead atoms. The fraction of sp³-hybridized carbons (Fsp3) is 0.400. The lowest BCUT2D eigenvalue weighted by atomic mass is 10.0. The van der Waals surface area contributed by atoms with Crippen molar-refractivity contribution in [2.24, 2.45) is 0 Å². The molecule has 1 rings (SSSR count). The molecule has 1 aromatic carbocycles. The monoisotopic (exact) mass is 343 g/mol. The number of benzene rings is 1. The first-order valence-electron chi connectivity index (χ1n) is 6.57. The van der Waals surface area contributed by atoms with Crippen molar-refractivity contribution in [3.8, 4) is 0 Å². The Hall–Kier alpha value is -1.36.